The third kappa shape index (κ3) is 6.54. The van der Waals surface area contributed by atoms with E-state index in [-0.39, 0.29) is 0 Å². The molecule has 0 spiro atoms. The number of unbranched alkanes of at least 4 members (excludes halogenated alkanes) is 4. The molecule has 0 radical (unpaired) electrons. The number of rotatable bonds is 10. The molecule has 1 heterocycles. The number of hydrogen-bond acceptors (Lipinski definition) is 2. The Balaban J connectivity index is 1.56. The molecule has 158 valence electrons. The fourth-order valence-electron chi connectivity index (χ4n) is 4.63. The summed E-state index contributed by atoms with van der Waals surface area (Å²) in [6.07, 6.45) is 19.7. The first kappa shape index (κ1) is 22.3. The molecule has 0 unspecified atom stereocenters. The van der Waals surface area contributed by atoms with E-state index >= 15 is 0 Å². The van der Waals surface area contributed by atoms with Gasteiger partial charge in [0.1, 0.15) is 0 Å². The van der Waals surface area contributed by atoms with Gasteiger partial charge in [0, 0.05) is 18.0 Å². The van der Waals surface area contributed by atoms with Gasteiger partial charge >= 0.3 is 0 Å². The Kier molecular flexibility index (Phi) is 8.98. The maximum atomic E-state index is 6.55. The van der Waals surface area contributed by atoms with E-state index in [9.17, 15) is 0 Å². The van der Waals surface area contributed by atoms with E-state index in [1.807, 2.05) is 12.4 Å². The minimum Gasteiger partial charge on any atom is -0.236 e. The van der Waals surface area contributed by atoms with Crippen LogP contribution >= 0.6 is 11.6 Å². The molecular formula is C26H37ClN2. The van der Waals surface area contributed by atoms with Crippen LogP contribution in [0.5, 0.6) is 0 Å². The predicted molar refractivity (Wildman–Crippen MR) is 125 cm³/mol. The van der Waals surface area contributed by atoms with E-state index in [0.717, 1.165) is 28.7 Å². The third-order valence-electron chi connectivity index (χ3n) is 6.55. The molecule has 1 fully saturated rings. The van der Waals surface area contributed by atoms with Gasteiger partial charge < -0.3 is 0 Å². The summed E-state index contributed by atoms with van der Waals surface area (Å²) in [5, 5.41) is 0.763. The van der Waals surface area contributed by atoms with Crippen LogP contribution in [0, 0.1) is 5.92 Å². The number of aromatic nitrogens is 2. The van der Waals surface area contributed by atoms with Crippen LogP contribution in [-0.2, 0) is 6.42 Å². The Morgan fingerprint density at radius 2 is 1.59 bits per heavy atom. The average Bonchev–Trinajstić information content (AvgIpc) is 2.75. The van der Waals surface area contributed by atoms with Crippen LogP contribution in [0.1, 0.15) is 102 Å². The first-order valence-corrected chi connectivity index (χ1v) is 12.2. The molecule has 3 rings (SSSR count). The summed E-state index contributed by atoms with van der Waals surface area (Å²) in [4.78, 5) is 9.35. The predicted octanol–water partition coefficient (Wildman–Crippen LogP) is 8.38. The van der Waals surface area contributed by atoms with Gasteiger partial charge in [-0.2, -0.15) is 0 Å². The van der Waals surface area contributed by atoms with E-state index in [2.05, 4.69) is 42.0 Å². The molecule has 1 saturated carbocycles. The Morgan fingerprint density at radius 1 is 0.897 bits per heavy atom. The second-order valence-corrected chi connectivity index (χ2v) is 9.23. The highest BCUT2D eigenvalue weighted by atomic mass is 35.5. The fourth-order valence-corrected chi connectivity index (χ4v) is 4.92. The van der Waals surface area contributed by atoms with Gasteiger partial charge in [0.2, 0.25) is 0 Å². The van der Waals surface area contributed by atoms with E-state index in [0.29, 0.717) is 5.92 Å². The van der Waals surface area contributed by atoms with Gasteiger partial charge in [-0.3, -0.25) is 0 Å². The van der Waals surface area contributed by atoms with Crippen molar-refractivity contribution in [1.82, 2.24) is 9.97 Å². The van der Waals surface area contributed by atoms with Crippen molar-refractivity contribution in [3.05, 3.63) is 46.7 Å². The molecule has 3 heteroatoms. The highest BCUT2D eigenvalue weighted by molar-refractivity contribution is 6.33. The molecule has 1 aliphatic carbocycles. The van der Waals surface area contributed by atoms with Crippen molar-refractivity contribution in [1.29, 1.82) is 0 Å². The topological polar surface area (TPSA) is 25.8 Å². The van der Waals surface area contributed by atoms with Gasteiger partial charge in [-0.05, 0) is 73.6 Å². The van der Waals surface area contributed by atoms with E-state index < -0.39 is 0 Å². The molecule has 1 aliphatic rings. The van der Waals surface area contributed by atoms with E-state index in [4.69, 9.17) is 11.6 Å². The number of benzene rings is 1. The SMILES string of the molecule is CCCCCc1ccc(-c2ncc([C@H]3CC[C@H](CCCCC)CC3)cn2)c(Cl)c1. The average molecular weight is 413 g/mol. The Morgan fingerprint density at radius 3 is 2.24 bits per heavy atom. The lowest BCUT2D eigenvalue weighted by molar-refractivity contribution is 0.302. The van der Waals surface area contributed by atoms with Crippen molar-refractivity contribution in [3.8, 4) is 11.4 Å². The second kappa shape index (κ2) is 11.7. The first-order chi connectivity index (χ1) is 14.2. The van der Waals surface area contributed by atoms with Gasteiger partial charge in [-0.15, -0.1) is 0 Å². The number of aryl methyl sites for hydroxylation is 1. The molecule has 1 aromatic carbocycles. The Bertz CT molecular complexity index is 733. The van der Waals surface area contributed by atoms with Gasteiger partial charge in [-0.1, -0.05) is 70.0 Å². The van der Waals surface area contributed by atoms with Crippen LogP contribution in [0.25, 0.3) is 11.4 Å². The summed E-state index contributed by atoms with van der Waals surface area (Å²) < 4.78 is 0. The van der Waals surface area contributed by atoms with E-state index in [1.165, 1.54) is 81.8 Å². The lowest BCUT2D eigenvalue weighted by Crippen LogP contribution is -2.14. The molecule has 2 aromatic rings. The molecule has 0 bridgehead atoms. The lowest BCUT2D eigenvalue weighted by Gasteiger charge is -2.28. The van der Waals surface area contributed by atoms with Gasteiger partial charge in [-0.25, -0.2) is 9.97 Å². The van der Waals surface area contributed by atoms with Crippen molar-refractivity contribution >= 4 is 11.6 Å². The first-order valence-electron chi connectivity index (χ1n) is 11.8. The summed E-state index contributed by atoms with van der Waals surface area (Å²) in [5.74, 6) is 2.31. The smallest absolute Gasteiger partial charge is 0.160 e. The largest absolute Gasteiger partial charge is 0.236 e. The highest BCUT2D eigenvalue weighted by Crippen LogP contribution is 2.37. The minimum atomic E-state index is 0.628. The minimum absolute atomic E-state index is 0.628. The molecule has 29 heavy (non-hydrogen) atoms. The summed E-state index contributed by atoms with van der Waals surface area (Å²) >= 11 is 6.55. The second-order valence-electron chi connectivity index (χ2n) is 8.82. The van der Waals surface area contributed by atoms with Gasteiger partial charge in [0.15, 0.2) is 5.82 Å². The maximum absolute atomic E-state index is 6.55. The third-order valence-corrected chi connectivity index (χ3v) is 6.86. The molecule has 0 aliphatic heterocycles. The van der Waals surface area contributed by atoms with Crippen LogP contribution in [0.4, 0.5) is 0 Å². The molecule has 0 atom stereocenters. The summed E-state index contributed by atoms with van der Waals surface area (Å²) in [5.41, 5.74) is 3.55. The Labute approximate surface area is 182 Å². The van der Waals surface area contributed by atoms with Gasteiger partial charge in [0.05, 0.1) is 5.02 Å². The highest BCUT2D eigenvalue weighted by Gasteiger charge is 2.22. The normalized spacial score (nSPS) is 19.4. The summed E-state index contributed by atoms with van der Waals surface area (Å²) in [6.45, 7) is 4.52. The quantitative estimate of drug-likeness (QED) is 0.366. The Hall–Kier alpha value is -1.41. The number of hydrogen-bond donors (Lipinski definition) is 0. The number of nitrogens with zero attached hydrogens (tertiary/aromatic N) is 2. The maximum Gasteiger partial charge on any atom is 0.160 e. The van der Waals surface area contributed by atoms with Crippen molar-refractivity contribution in [2.24, 2.45) is 5.92 Å². The zero-order valence-electron chi connectivity index (χ0n) is 18.3. The standard InChI is InChI=1S/C26H37ClN2/c1-3-5-7-9-20-11-14-22(15-12-20)23-18-28-26(29-19-23)24-16-13-21(17-25(24)27)10-8-6-4-2/h13,16-20,22H,3-12,14-15H2,1-2H3/t20-,22-. The van der Waals surface area contributed by atoms with Crippen LogP contribution in [-0.4, -0.2) is 9.97 Å². The zero-order chi connectivity index (χ0) is 20.5. The van der Waals surface area contributed by atoms with Crippen molar-refractivity contribution in [3.63, 3.8) is 0 Å². The molecule has 2 nitrogen and oxygen atoms in total. The van der Waals surface area contributed by atoms with E-state index in [1.54, 1.807) is 0 Å². The molecule has 0 N–H and O–H groups in total. The van der Waals surface area contributed by atoms with Crippen molar-refractivity contribution in [2.75, 3.05) is 0 Å². The zero-order valence-corrected chi connectivity index (χ0v) is 19.1. The molecule has 0 amide bonds. The van der Waals surface area contributed by atoms with Crippen molar-refractivity contribution in [2.45, 2.75) is 96.8 Å². The van der Waals surface area contributed by atoms with Crippen LogP contribution in [0.15, 0.2) is 30.6 Å². The van der Waals surface area contributed by atoms with Crippen molar-refractivity contribution < 1.29 is 0 Å². The van der Waals surface area contributed by atoms with Gasteiger partial charge in [0.25, 0.3) is 0 Å². The van der Waals surface area contributed by atoms with Crippen LogP contribution in [0.3, 0.4) is 0 Å². The molecular weight excluding hydrogens is 376 g/mol. The fraction of sp³-hybridized carbons (Fsp3) is 0.615. The summed E-state index contributed by atoms with van der Waals surface area (Å²) in [7, 11) is 0. The van der Waals surface area contributed by atoms with Crippen LogP contribution in [0.2, 0.25) is 5.02 Å². The molecule has 1 aromatic heterocycles. The lowest BCUT2D eigenvalue weighted by atomic mass is 9.77. The molecule has 0 saturated heterocycles. The van der Waals surface area contributed by atoms with Crippen LogP contribution < -0.4 is 0 Å². The number of halogens is 1. The summed E-state index contributed by atoms with van der Waals surface area (Å²) in [6, 6.07) is 6.34. The monoisotopic (exact) mass is 412 g/mol.